The van der Waals surface area contributed by atoms with E-state index >= 15 is 0 Å². The molecule has 0 bridgehead atoms. The molecule has 0 aliphatic carbocycles. The van der Waals surface area contributed by atoms with Crippen LogP contribution >= 0.6 is 0 Å². The van der Waals surface area contributed by atoms with Gasteiger partial charge in [-0.3, -0.25) is 4.79 Å². The predicted octanol–water partition coefficient (Wildman–Crippen LogP) is 2.08. The number of carbonyl (C=O) groups excluding carboxylic acids is 1. The molecule has 144 valence electrons. The van der Waals surface area contributed by atoms with Gasteiger partial charge in [-0.1, -0.05) is 30.3 Å². The summed E-state index contributed by atoms with van der Waals surface area (Å²) in [7, 11) is 0. The lowest BCUT2D eigenvalue weighted by atomic mass is 10.2. The van der Waals surface area contributed by atoms with Gasteiger partial charge >= 0.3 is 0 Å². The van der Waals surface area contributed by atoms with E-state index in [1.54, 1.807) is 0 Å². The monoisotopic (exact) mass is 369 g/mol. The van der Waals surface area contributed by atoms with Crippen LogP contribution in [0.25, 0.3) is 0 Å². The average molecular weight is 369 g/mol. The summed E-state index contributed by atoms with van der Waals surface area (Å²) in [5, 5.41) is 3.16. The zero-order valence-electron chi connectivity index (χ0n) is 16.0. The molecule has 1 aromatic carbocycles. The molecule has 0 unspecified atom stereocenters. The molecule has 1 N–H and O–H groups in total. The fraction of sp³-hybridized carbons (Fsp3) is 0.450. The van der Waals surface area contributed by atoms with Gasteiger partial charge in [-0.15, -0.1) is 0 Å². The summed E-state index contributed by atoms with van der Waals surface area (Å²) in [6.45, 7) is 8.21. The number of nitrogens with one attached hydrogen (secondary N) is 1. The van der Waals surface area contributed by atoms with Crippen LogP contribution in [0.4, 0.5) is 11.8 Å². The molecular formula is C20H27N5O2. The molecule has 0 radical (unpaired) electrons. The summed E-state index contributed by atoms with van der Waals surface area (Å²) >= 11 is 0. The molecule has 1 aliphatic rings. The van der Waals surface area contributed by atoms with E-state index < -0.39 is 0 Å². The molecule has 3 rings (SSSR count). The first-order chi connectivity index (χ1) is 13.2. The summed E-state index contributed by atoms with van der Waals surface area (Å²) in [5.41, 5.74) is 2.01. The summed E-state index contributed by atoms with van der Waals surface area (Å²) in [6.07, 6.45) is 0. The Balaban J connectivity index is 1.47. The number of ether oxygens (including phenoxy) is 1. The van der Waals surface area contributed by atoms with Crippen LogP contribution in [0.2, 0.25) is 0 Å². The Bertz CT molecular complexity index is 745. The molecule has 0 spiro atoms. The van der Waals surface area contributed by atoms with Crippen LogP contribution in [0, 0.1) is 6.92 Å². The van der Waals surface area contributed by atoms with Crippen LogP contribution in [0.3, 0.4) is 0 Å². The van der Waals surface area contributed by atoms with Crippen LogP contribution < -0.4 is 10.2 Å². The van der Waals surface area contributed by atoms with Gasteiger partial charge in [-0.05, 0) is 19.4 Å². The first-order valence-corrected chi connectivity index (χ1v) is 9.39. The summed E-state index contributed by atoms with van der Waals surface area (Å²) in [6, 6.07) is 11.9. The van der Waals surface area contributed by atoms with Gasteiger partial charge in [0.05, 0.1) is 6.61 Å². The lowest BCUT2D eigenvalue weighted by Crippen LogP contribution is -2.50. The van der Waals surface area contributed by atoms with Crippen LogP contribution in [-0.4, -0.2) is 60.1 Å². The fourth-order valence-corrected chi connectivity index (χ4v) is 3.06. The van der Waals surface area contributed by atoms with Crippen LogP contribution in [0.1, 0.15) is 18.2 Å². The van der Waals surface area contributed by atoms with Crippen molar-refractivity contribution < 1.29 is 9.53 Å². The van der Waals surface area contributed by atoms with Crippen molar-refractivity contribution in [3.8, 4) is 0 Å². The number of hydrogen-bond acceptors (Lipinski definition) is 6. The SMILES string of the molecule is CCNc1nc(C)cc(N2CCN(C(=O)COCc3ccccc3)CC2)n1. The van der Waals surface area contributed by atoms with Crippen molar-refractivity contribution in [1.29, 1.82) is 0 Å². The highest BCUT2D eigenvalue weighted by atomic mass is 16.5. The van der Waals surface area contributed by atoms with Gasteiger partial charge in [0.2, 0.25) is 11.9 Å². The number of benzene rings is 1. The third-order valence-corrected chi connectivity index (χ3v) is 4.47. The molecule has 27 heavy (non-hydrogen) atoms. The first kappa shape index (κ1) is 19.1. The molecule has 2 heterocycles. The van der Waals surface area contributed by atoms with Crippen molar-refractivity contribution in [3.63, 3.8) is 0 Å². The maximum atomic E-state index is 12.4. The number of aromatic nitrogens is 2. The molecule has 2 aromatic rings. The highest BCUT2D eigenvalue weighted by Crippen LogP contribution is 2.17. The second-order valence-electron chi connectivity index (χ2n) is 6.57. The normalized spacial score (nSPS) is 14.3. The van der Waals surface area contributed by atoms with Crippen molar-refractivity contribution in [2.24, 2.45) is 0 Å². The molecule has 0 saturated carbocycles. The van der Waals surface area contributed by atoms with E-state index in [1.807, 2.05) is 55.1 Å². The number of nitrogens with zero attached hydrogens (tertiary/aromatic N) is 4. The van der Waals surface area contributed by atoms with E-state index in [2.05, 4.69) is 20.2 Å². The molecule has 7 heteroatoms. The Kier molecular flexibility index (Phi) is 6.59. The van der Waals surface area contributed by atoms with Crippen LogP contribution in [0.15, 0.2) is 36.4 Å². The smallest absolute Gasteiger partial charge is 0.248 e. The van der Waals surface area contributed by atoms with Crippen molar-refractivity contribution in [3.05, 3.63) is 47.7 Å². The predicted molar refractivity (Wildman–Crippen MR) is 106 cm³/mol. The molecule has 1 amide bonds. The van der Waals surface area contributed by atoms with E-state index in [0.717, 1.165) is 36.7 Å². The van der Waals surface area contributed by atoms with Gasteiger partial charge in [-0.25, -0.2) is 4.98 Å². The third-order valence-electron chi connectivity index (χ3n) is 4.47. The Morgan fingerprint density at radius 1 is 1.15 bits per heavy atom. The van der Waals surface area contributed by atoms with Crippen molar-refractivity contribution in [2.45, 2.75) is 20.5 Å². The number of aryl methyl sites for hydroxylation is 1. The molecule has 0 atom stereocenters. The van der Waals surface area contributed by atoms with Gasteiger partial charge in [0.15, 0.2) is 0 Å². The number of anilines is 2. The quantitative estimate of drug-likeness (QED) is 0.806. The number of hydrogen-bond donors (Lipinski definition) is 1. The minimum absolute atomic E-state index is 0.0396. The lowest BCUT2D eigenvalue weighted by molar-refractivity contribution is -0.136. The maximum Gasteiger partial charge on any atom is 0.248 e. The minimum Gasteiger partial charge on any atom is -0.367 e. The Hall–Kier alpha value is -2.67. The van der Waals surface area contributed by atoms with Crippen LogP contribution in [0.5, 0.6) is 0 Å². The minimum atomic E-state index is 0.0396. The largest absolute Gasteiger partial charge is 0.367 e. The van der Waals surface area contributed by atoms with Crippen molar-refractivity contribution in [2.75, 3.05) is 49.5 Å². The Labute approximate surface area is 160 Å². The van der Waals surface area contributed by atoms with E-state index in [0.29, 0.717) is 25.6 Å². The van der Waals surface area contributed by atoms with E-state index in [-0.39, 0.29) is 12.5 Å². The second-order valence-corrected chi connectivity index (χ2v) is 6.57. The van der Waals surface area contributed by atoms with Gasteiger partial charge < -0.3 is 19.9 Å². The molecule has 1 saturated heterocycles. The Morgan fingerprint density at radius 2 is 1.89 bits per heavy atom. The Morgan fingerprint density at radius 3 is 2.59 bits per heavy atom. The summed E-state index contributed by atoms with van der Waals surface area (Å²) in [5.74, 6) is 1.60. The standard InChI is InChI=1S/C20H27N5O2/c1-3-21-20-22-16(2)13-18(23-20)24-9-11-25(12-10-24)19(26)15-27-14-17-7-5-4-6-8-17/h4-8,13H,3,9-12,14-15H2,1-2H3,(H,21,22,23). The van der Waals surface area contributed by atoms with Gasteiger partial charge in [-0.2, -0.15) is 4.98 Å². The summed E-state index contributed by atoms with van der Waals surface area (Å²) < 4.78 is 5.57. The first-order valence-electron chi connectivity index (χ1n) is 9.39. The average Bonchev–Trinajstić information content (AvgIpc) is 2.69. The second kappa shape index (κ2) is 9.32. The number of rotatable bonds is 7. The topological polar surface area (TPSA) is 70.6 Å². The molecular weight excluding hydrogens is 342 g/mol. The lowest BCUT2D eigenvalue weighted by Gasteiger charge is -2.35. The molecule has 1 fully saturated rings. The zero-order valence-corrected chi connectivity index (χ0v) is 16.0. The molecule has 1 aromatic heterocycles. The fourth-order valence-electron chi connectivity index (χ4n) is 3.06. The molecule has 1 aliphatic heterocycles. The van der Waals surface area contributed by atoms with Gasteiger partial charge in [0.25, 0.3) is 0 Å². The maximum absolute atomic E-state index is 12.4. The van der Waals surface area contributed by atoms with E-state index in [4.69, 9.17) is 4.74 Å². The third kappa shape index (κ3) is 5.40. The van der Waals surface area contributed by atoms with E-state index in [9.17, 15) is 4.79 Å². The van der Waals surface area contributed by atoms with Gasteiger partial charge in [0.1, 0.15) is 12.4 Å². The van der Waals surface area contributed by atoms with Gasteiger partial charge in [0, 0.05) is 44.5 Å². The number of piperazine rings is 1. The van der Waals surface area contributed by atoms with Crippen molar-refractivity contribution >= 4 is 17.7 Å². The number of carbonyl (C=O) groups is 1. The highest BCUT2D eigenvalue weighted by molar-refractivity contribution is 5.77. The number of amides is 1. The summed E-state index contributed by atoms with van der Waals surface area (Å²) in [4.78, 5) is 25.4. The highest BCUT2D eigenvalue weighted by Gasteiger charge is 2.22. The molecule has 7 nitrogen and oxygen atoms in total. The van der Waals surface area contributed by atoms with Crippen LogP contribution in [-0.2, 0) is 16.1 Å². The van der Waals surface area contributed by atoms with E-state index in [1.165, 1.54) is 0 Å². The van der Waals surface area contributed by atoms with Crippen molar-refractivity contribution in [1.82, 2.24) is 14.9 Å². The zero-order chi connectivity index (χ0) is 19.1.